The van der Waals surface area contributed by atoms with Gasteiger partial charge in [-0.1, -0.05) is 5.16 Å². The molecule has 2 aromatic rings. The largest absolute Gasteiger partial charge is 0.468 e. The Kier molecular flexibility index (Phi) is 4.58. The molecule has 3 heterocycles. The van der Waals surface area contributed by atoms with Crippen LogP contribution in [0.4, 0.5) is 0 Å². The minimum atomic E-state index is 0.0247. The van der Waals surface area contributed by atoms with Gasteiger partial charge in [0.15, 0.2) is 0 Å². The van der Waals surface area contributed by atoms with Crippen LogP contribution in [0.3, 0.4) is 0 Å². The number of aryl methyl sites for hydroxylation is 1. The Morgan fingerprint density at radius 1 is 1.55 bits per heavy atom. The van der Waals surface area contributed by atoms with Crippen molar-refractivity contribution in [2.75, 3.05) is 13.1 Å². The maximum absolute atomic E-state index is 12.3. The fourth-order valence-corrected chi connectivity index (χ4v) is 2.86. The number of amides is 1. The average Bonchev–Trinajstić information content (AvgIpc) is 3.17. The van der Waals surface area contributed by atoms with Gasteiger partial charge in [0.2, 0.25) is 5.91 Å². The summed E-state index contributed by atoms with van der Waals surface area (Å²) in [6.07, 6.45) is 3.64. The Balaban J connectivity index is 1.49. The Labute approximate surface area is 129 Å². The number of piperidine rings is 1. The zero-order valence-electron chi connectivity index (χ0n) is 12.7. The van der Waals surface area contributed by atoms with Crippen molar-refractivity contribution in [3.05, 3.63) is 41.7 Å². The third-order valence-corrected chi connectivity index (χ3v) is 3.96. The number of nitrogens with zero attached hydrogens (tertiary/aromatic N) is 2. The van der Waals surface area contributed by atoms with Gasteiger partial charge in [0.25, 0.3) is 0 Å². The Hall–Kier alpha value is -2.08. The molecule has 2 aromatic heterocycles. The zero-order valence-corrected chi connectivity index (χ0v) is 12.7. The van der Waals surface area contributed by atoms with E-state index in [9.17, 15) is 4.79 Å². The third kappa shape index (κ3) is 3.76. The molecule has 1 saturated heterocycles. The number of rotatable bonds is 5. The normalized spacial score (nSPS) is 19.2. The van der Waals surface area contributed by atoms with E-state index in [0.29, 0.717) is 6.54 Å². The van der Waals surface area contributed by atoms with E-state index in [0.717, 1.165) is 49.7 Å². The highest BCUT2D eigenvalue weighted by atomic mass is 16.5. The lowest BCUT2D eigenvalue weighted by Crippen LogP contribution is -2.42. The third-order valence-electron chi connectivity index (χ3n) is 3.96. The van der Waals surface area contributed by atoms with Gasteiger partial charge in [0, 0.05) is 12.6 Å². The van der Waals surface area contributed by atoms with E-state index in [-0.39, 0.29) is 11.8 Å². The first-order valence-corrected chi connectivity index (χ1v) is 7.65. The molecule has 1 aliphatic heterocycles. The molecule has 0 aromatic carbocycles. The van der Waals surface area contributed by atoms with E-state index >= 15 is 0 Å². The van der Waals surface area contributed by atoms with Crippen LogP contribution >= 0.6 is 0 Å². The maximum atomic E-state index is 12.3. The van der Waals surface area contributed by atoms with Gasteiger partial charge in [0.05, 0.1) is 25.3 Å². The molecule has 1 atom stereocenters. The van der Waals surface area contributed by atoms with Crippen molar-refractivity contribution >= 4 is 5.91 Å². The van der Waals surface area contributed by atoms with Gasteiger partial charge in [-0.15, -0.1) is 0 Å². The van der Waals surface area contributed by atoms with Gasteiger partial charge in [-0.05, 0) is 38.4 Å². The second-order valence-electron chi connectivity index (χ2n) is 5.80. The Morgan fingerprint density at radius 2 is 2.45 bits per heavy atom. The highest BCUT2D eigenvalue weighted by molar-refractivity contribution is 5.78. The summed E-state index contributed by atoms with van der Waals surface area (Å²) in [5, 5.41) is 6.84. The summed E-state index contributed by atoms with van der Waals surface area (Å²) in [5.41, 5.74) is 0.758. The van der Waals surface area contributed by atoms with Crippen LogP contribution in [-0.2, 0) is 17.9 Å². The van der Waals surface area contributed by atoms with Gasteiger partial charge < -0.3 is 14.3 Å². The van der Waals surface area contributed by atoms with Crippen LogP contribution in [0.2, 0.25) is 0 Å². The first-order valence-electron chi connectivity index (χ1n) is 7.65. The number of furan rings is 1. The van der Waals surface area contributed by atoms with Gasteiger partial charge >= 0.3 is 0 Å². The SMILES string of the molecule is Cc1cc(CNC(=O)C2CCCN(Cc3ccco3)C2)no1. The summed E-state index contributed by atoms with van der Waals surface area (Å²) in [5.74, 6) is 1.81. The summed E-state index contributed by atoms with van der Waals surface area (Å²) >= 11 is 0. The molecule has 1 fully saturated rings. The molecule has 6 heteroatoms. The minimum absolute atomic E-state index is 0.0247. The van der Waals surface area contributed by atoms with E-state index in [1.165, 1.54) is 0 Å². The highest BCUT2D eigenvalue weighted by Gasteiger charge is 2.26. The summed E-state index contributed by atoms with van der Waals surface area (Å²) in [6, 6.07) is 5.70. The molecular weight excluding hydrogens is 282 g/mol. The first kappa shape index (κ1) is 14.8. The smallest absolute Gasteiger partial charge is 0.224 e. The standard InChI is InChI=1S/C16H21N3O3/c1-12-8-14(18-22-12)9-17-16(20)13-4-2-6-19(10-13)11-15-5-3-7-21-15/h3,5,7-8,13H,2,4,6,9-11H2,1H3,(H,17,20). The molecule has 0 saturated carbocycles. The van der Waals surface area contributed by atoms with E-state index in [4.69, 9.17) is 8.94 Å². The van der Waals surface area contributed by atoms with Crippen LogP contribution < -0.4 is 5.32 Å². The predicted molar refractivity (Wildman–Crippen MR) is 79.8 cm³/mol. The first-order chi connectivity index (χ1) is 10.7. The molecular formula is C16H21N3O3. The average molecular weight is 303 g/mol. The second-order valence-corrected chi connectivity index (χ2v) is 5.80. The number of hydrogen-bond acceptors (Lipinski definition) is 5. The molecule has 3 rings (SSSR count). The molecule has 0 bridgehead atoms. The van der Waals surface area contributed by atoms with Crippen molar-refractivity contribution < 1.29 is 13.7 Å². The van der Waals surface area contributed by atoms with Crippen LogP contribution in [0.15, 0.2) is 33.4 Å². The topological polar surface area (TPSA) is 71.5 Å². The van der Waals surface area contributed by atoms with Crippen molar-refractivity contribution in [3.8, 4) is 0 Å². The van der Waals surface area contributed by atoms with Crippen molar-refractivity contribution in [1.29, 1.82) is 0 Å². The number of aromatic nitrogens is 1. The molecule has 6 nitrogen and oxygen atoms in total. The molecule has 118 valence electrons. The fourth-order valence-electron chi connectivity index (χ4n) is 2.86. The van der Waals surface area contributed by atoms with Crippen LogP contribution in [-0.4, -0.2) is 29.1 Å². The van der Waals surface area contributed by atoms with E-state index in [1.807, 2.05) is 25.1 Å². The molecule has 0 aliphatic carbocycles. The van der Waals surface area contributed by atoms with Gasteiger partial charge in [-0.2, -0.15) is 0 Å². The maximum Gasteiger partial charge on any atom is 0.224 e. The molecule has 1 aliphatic rings. The summed E-state index contributed by atoms with van der Waals surface area (Å²) in [6.45, 7) is 4.80. The van der Waals surface area contributed by atoms with Crippen LogP contribution in [0.25, 0.3) is 0 Å². The van der Waals surface area contributed by atoms with Gasteiger partial charge in [0.1, 0.15) is 17.2 Å². The van der Waals surface area contributed by atoms with Gasteiger partial charge in [-0.3, -0.25) is 9.69 Å². The van der Waals surface area contributed by atoms with E-state index < -0.39 is 0 Å². The van der Waals surface area contributed by atoms with E-state index in [1.54, 1.807) is 6.26 Å². The zero-order chi connectivity index (χ0) is 15.4. The minimum Gasteiger partial charge on any atom is -0.468 e. The Morgan fingerprint density at radius 3 is 3.18 bits per heavy atom. The van der Waals surface area contributed by atoms with Gasteiger partial charge in [-0.25, -0.2) is 0 Å². The molecule has 1 unspecified atom stereocenters. The van der Waals surface area contributed by atoms with Crippen molar-refractivity contribution in [2.45, 2.75) is 32.9 Å². The fraction of sp³-hybridized carbons (Fsp3) is 0.500. The van der Waals surface area contributed by atoms with Crippen LogP contribution in [0.5, 0.6) is 0 Å². The van der Waals surface area contributed by atoms with Crippen LogP contribution in [0, 0.1) is 12.8 Å². The number of carbonyl (C=O) groups excluding carboxylic acids is 1. The monoisotopic (exact) mass is 303 g/mol. The molecule has 0 radical (unpaired) electrons. The molecule has 0 spiro atoms. The quantitative estimate of drug-likeness (QED) is 0.916. The van der Waals surface area contributed by atoms with Crippen molar-refractivity contribution in [3.63, 3.8) is 0 Å². The lowest BCUT2D eigenvalue weighted by molar-refractivity contribution is -0.127. The summed E-state index contributed by atoms with van der Waals surface area (Å²) < 4.78 is 10.4. The van der Waals surface area contributed by atoms with Crippen LogP contribution in [0.1, 0.15) is 30.1 Å². The molecule has 1 amide bonds. The van der Waals surface area contributed by atoms with Crippen molar-refractivity contribution in [1.82, 2.24) is 15.4 Å². The summed E-state index contributed by atoms with van der Waals surface area (Å²) in [4.78, 5) is 14.6. The lowest BCUT2D eigenvalue weighted by atomic mass is 9.97. The number of likely N-dealkylation sites (tertiary alicyclic amines) is 1. The Bertz CT molecular complexity index is 606. The van der Waals surface area contributed by atoms with E-state index in [2.05, 4.69) is 15.4 Å². The van der Waals surface area contributed by atoms with Crippen molar-refractivity contribution in [2.24, 2.45) is 5.92 Å². The number of carbonyl (C=O) groups is 1. The highest BCUT2D eigenvalue weighted by Crippen LogP contribution is 2.19. The predicted octanol–water partition coefficient (Wildman–Crippen LogP) is 2.10. The summed E-state index contributed by atoms with van der Waals surface area (Å²) in [7, 11) is 0. The second kappa shape index (κ2) is 6.79. The molecule has 1 N–H and O–H groups in total. The number of hydrogen-bond donors (Lipinski definition) is 1. The molecule has 22 heavy (non-hydrogen) atoms. The lowest BCUT2D eigenvalue weighted by Gasteiger charge is -2.31. The number of nitrogens with one attached hydrogen (secondary N) is 1.